The van der Waals surface area contributed by atoms with Crippen LogP contribution in [-0.4, -0.2) is 61.4 Å². The van der Waals surface area contributed by atoms with Crippen molar-refractivity contribution in [3.8, 4) is 0 Å². The molecule has 0 heterocycles. The molecule has 0 aromatic rings. The van der Waals surface area contributed by atoms with E-state index in [2.05, 4.69) is 6.58 Å². The second kappa shape index (κ2) is 9.64. The second-order valence-corrected chi connectivity index (χ2v) is 11.3. The van der Waals surface area contributed by atoms with E-state index in [1.807, 2.05) is 0 Å². The average Bonchev–Trinajstić information content (AvgIpc) is 2.29. The van der Waals surface area contributed by atoms with E-state index in [-0.39, 0.29) is 5.97 Å². The molecular formula is C10H24O5Si3. The van der Waals surface area contributed by atoms with Gasteiger partial charge in [0.25, 0.3) is 0 Å². The molecule has 8 heteroatoms. The van der Waals surface area contributed by atoms with Gasteiger partial charge in [0, 0.05) is 26.9 Å². The maximum absolute atomic E-state index is 11.7. The van der Waals surface area contributed by atoms with E-state index in [1.54, 1.807) is 28.3 Å². The molecule has 0 rings (SSSR count). The van der Waals surface area contributed by atoms with Crippen LogP contribution in [0, 0.1) is 0 Å². The van der Waals surface area contributed by atoms with Crippen molar-refractivity contribution in [3.05, 3.63) is 12.2 Å². The predicted octanol–water partition coefficient (Wildman–Crippen LogP) is -1.24. The van der Waals surface area contributed by atoms with Gasteiger partial charge in [-0.2, -0.15) is 0 Å². The molecule has 0 aliphatic carbocycles. The van der Waals surface area contributed by atoms with Gasteiger partial charge in [-0.15, -0.1) is 0 Å². The van der Waals surface area contributed by atoms with E-state index in [1.165, 1.54) is 0 Å². The molecule has 0 unspecified atom stereocenters. The fraction of sp³-hybridized carbons (Fsp3) is 0.700. The topological polar surface area (TPSA) is 54.0 Å². The van der Waals surface area contributed by atoms with Crippen molar-refractivity contribution >= 4 is 35.3 Å². The van der Waals surface area contributed by atoms with E-state index in [0.29, 0.717) is 5.57 Å². The molecule has 0 aliphatic rings. The third kappa shape index (κ3) is 6.61. The molecule has 0 aliphatic heterocycles. The van der Waals surface area contributed by atoms with Crippen LogP contribution >= 0.6 is 0 Å². The Kier molecular flexibility index (Phi) is 9.50. The smallest absolute Gasteiger partial charge is 0.333 e. The molecule has 0 saturated carbocycles. The Hall–Kier alpha value is -0.259. The van der Waals surface area contributed by atoms with Crippen molar-refractivity contribution in [2.75, 3.05) is 21.3 Å². The van der Waals surface area contributed by atoms with Crippen molar-refractivity contribution < 1.29 is 22.8 Å². The normalized spacial score (nSPS) is 16.0. The van der Waals surface area contributed by atoms with Crippen LogP contribution in [0.3, 0.4) is 0 Å². The zero-order valence-corrected chi connectivity index (χ0v) is 16.0. The maximum Gasteiger partial charge on any atom is 0.333 e. The summed E-state index contributed by atoms with van der Waals surface area (Å²) in [6.07, 6.45) is 0.798. The summed E-state index contributed by atoms with van der Waals surface area (Å²) in [5.74, 6) is -0.344. The van der Waals surface area contributed by atoms with Crippen molar-refractivity contribution in [2.45, 2.75) is 24.2 Å². The van der Waals surface area contributed by atoms with Crippen molar-refractivity contribution in [1.82, 2.24) is 0 Å². The van der Waals surface area contributed by atoms with Gasteiger partial charge >= 0.3 is 5.97 Å². The van der Waals surface area contributed by atoms with E-state index in [4.69, 9.17) is 18.0 Å². The minimum atomic E-state index is -0.966. The lowest BCUT2D eigenvalue weighted by Crippen LogP contribution is -2.49. The number of hydrogen-bond donors (Lipinski definition) is 0. The Morgan fingerprint density at radius 1 is 1.17 bits per heavy atom. The quantitative estimate of drug-likeness (QED) is 0.219. The largest absolute Gasteiger partial charge is 0.459 e. The highest BCUT2D eigenvalue weighted by molar-refractivity contribution is 6.55. The molecule has 0 radical (unpaired) electrons. The van der Waals surface area contributed by atoms with Gasteiger partial charge in [0.15, 0.2) is 9.76 Å². The molecule has 0 aromatic heterocycles. The predicted molar refractivity (Wildman–Crippen MR) is 79.7 cm³/mol. The zero-order valence-electron chi connectivity index (χ0n) is 11.8. The first kappa shape index (κ1) is 17.7. The van der Waals surface area contributed by atoms with Gasteiger partial charge in [-0.3, -0.25) is 0 Å². The van der Waals surface area contributed by atoms with E-state index in [0.717, 1.165) is 12.5 Å². The Balaban J connectivity index is 4.71. The van der Waals surface area contributed by atoms with E-state index in [9.17, 15) is 4.79 Å². The van der Waals surface area contributed by atoms with Gasteiger partial charge in [-0.1, -0.05) is 6.58 Å². The molecule has 0 atom stereocenters. The summed E-state index contributed by atoms with van der Waals surface area (Å²) in [4.78, 5) is 11.3. The lowest BCUT2D eigenvalue weighted by Gasteiger charge is -2.31. The van der Waals surface area contributed by atoms with Crippen LogP contribution in [0.1, 0.15) is 13.3 Å². The van der Waals surface area contributed by atoms with Crippen LogP contribution in [-0.2, 0) is 22.8 Å². The van der Waals surface area contributed by atoms with Crippen LogP contribution in [0.15, 0.2) is 12.2 Å². The van der Waals surface area contributed by atoms with Crippen LogP contribution in [0.25, 0.3) is 0 Å². The van der Waals surface area contributed by atoms with Gasteiger partial charge in [0.1, 0.15) is 4.85 Å². The van der Waals surface area contributed by atoms with Gasteiger partial charge in [-0.25, -0.2) is 4.79 Å². The van der Waals surface area contributed by atoms with Crippen LogP contribution in [0.2, 0.25) is 6.04 Å². The van der Waals surface area contributed by atoms with Crippen molar-refractivity contribution in [2.24, 2.45) is 0 Å². The summed E-state index contributed by atoms with van der Waals surface area (Å²) in [6, 6.07) is 0.965. The highest BCUT2D eigenvalue weighted by Crippen LogP contribution is 2.18. The first-order chi connectivity index (χ1) is 8.51. The van der Waals surface area contributed by atoms with E-state index >= 15 is 0 Å². The maximum atomic E-state index is 11.7. The molecule has 0 saturated heterocycles. The van der Waals surface area contributed by atoms with Crippen LogP contribution in [0.5, 0.6) is 0 Å². The summed E-state index contributed by atoms with van der Waals surface area (Å²) in [6.45, 7) is 5.27. The summed E-state index contributed by atoms with van der Waals surface area (Å²) < 4.78 is 21.5. The molecule has 0 spiro atoms. The number of hydrogen-bond acceptors (Lipinski definition) is 5. The minimum absolute atomic E-state index is 0.344. The highest BCUT2D eigenvalue weighted by atomic mass is 28.3. The number of carbonyl (C=O) groups excluding carboxylic acids is 1. The molecule has 0 aromatic carbocycles. The standard InChI is InChI=1S/C10H24O5Si3/c1-8(2)9(11)15-10(17-13-4,18-14-5)6-7-16-12-3/h1,6-7,16-18H2,2-5H3. The first-order valence-electron chi connectivity index (χ1n) is 5.87. The Morgan fingerprint density at radius 2 is 1.72 bits per heavy atom. The van der Waals surface area contributed by atoms with Crippen molar-refractivity contribution in [3.63, 3.8) is 0 Å². The summed E-state index contributed by atoms with van der Waals surface area (Å²) in [5.41, 5.74) is 0.415. The van der Waals surface area contributed by atoms with Gasteiger partial charge in [0.2, 0.25) is 19.5 Å². The number of carbonyl (C=O) groups is 1. The van der Waals surface area contributed by atoms with Gasteiger partial charge in [0.05, 0.1) is 0 Å². The first-order valence-corrected chi connectivity index (χ1v) is 10.0. The summed E-state index contributed by atoms with van der Waals surface area (Å²) in [7, 11) is 2.58. The summed E-state index contributed by atoms with van der Waals surface area (Å²) in [5, 5.41) is 0. The average molecular weight is 309 g/mol. The highest BCUT2D eigenvalue weighted by Gasteiger charge is 2.36. The van der Waals surface area contributed by atoms with Crippen LogP contribution < -0.4 is 0 Å². The summed E-state index contributed by atoms with van der Waals surface area (Å²) >= 11 is 0. The molecule has 0 fully saturated rings. The SMILES string of the molecule is C=C(C)C(=O)OC(CC[SiH2]OC)([SiH2]OC)[SiH2]OC. The van der Waals surface area contributed by atoms with Gasteiger partial charge < -0.3 is 18.0 Å². The zero-order chi connectivity index (χ0) is 14.0. The van der Waals surface area contributed by atoms with E-state index < -0.39 is 34.1 Å². The number of rotatable bonds is 10. The lowest BCUT2D eigenvalue weighted by molar-refractivity contribution is -0.144. The van der Waals surface area contributed by atoms with Crippen LogP contribution in [0.4, 0.5) is 0 Å². The molecule has 18 heavy (non-hydrogen) atoms. The number of ether oxygens (including phenoxy) is 1. The third-order valence-electron chi connectivity index (χ3n) is 2.45. The van der Waals surface area contributed by atoms with Crippen molar-refractivity contribution in [1.29, 1.82) is 0 Å². The monoisotopic (exact) mass is 308 g/mol. The fourth-order valence-electron chi connectivity index (χ4n) is 1.64. The Labute approximate surface area is 116 Å². The molecule has 106 valence electrons. The molecule has 0 amide bonds. The third-order valence-corrected chi connectivity index (χ3v) is 7.35. The Morgan fingerprint density at radius 3 is 2.11 bits per heavy atom. The lowest BCUT2D eigenvalue weighted by atomic mass is 10.4. The molecule has 0 N–H and O–H groups in total. The Bertz CT molecular complexity index is 266. The van der Waals surface area contributed by atoms with Gasteiger partial charge in [-0.05, 0) is 19.4 Å². The molecule has 0 bridgehead atoms. The second-order valence-electron chi connectivity index (χ2n) is 4.32. The molecular weight excluding hydrogens is 284 g/mol. The molecule has 5 nitrogen and oxygen atoms in total. The number of esters is 1. The fourth-order valence-corrected chi connectivity index (χ4v) is 7.50. The minimum Gasteiger partial charge on any atom is -0.459 e.